The lowest BCUT2D eigenvalue weighted by Gasteiger charge is -2.27. The number of hydrogen-bond donors (Lipinski definition) is 2. The number of aromatic hydroxyl groups is 1. The summed E-state index contributed by atoms with van der Waals surface area (Å²) in [5, 5.41) is 10.3. The molecule has 1 aromatic carbocycles. The summed E-state index contributed by atoms with van der Waals surface area (Å²) in [5.41, 5.74) is 10.4. The smallest absolute Gasteiger partial charge is 0.229 e. The fraction of sp³-hybridized carbons (Fsp3) is 0.136. The largest absolute Gasteiger partial charge is 0.508 e. The van der Waals surface area contributed by atoms with Crippen LogP contribution < -0.4 is 10.6 Å². The van der Waals surface area contributed by atoms with Crippen molar-refractivity contribution in [1.82, 2.24) is 19.5 Å². The van der Waals surface area contributed by atoms with E-state index in [1.54, 1.807) is 24.5 Å². The second-order valence-corrected chi connectivity index (χ2v) is 7.01. The number of pyridine rings is 1. The van der Waals surface area contributed by atoms with Gasteiger partial charge in [0.1, 0.15) is 11.6 Å². The second kappa shape index (κ2) is 6.94. The van der Waals surface area contributed by atoms with E-state index in [1.165, 1.54) is 5.57 Å². The van der Waals surface area contributed by atoms with Gasteiger partial charge in [-0.2, -0.15) is 9.97 Å². The van der Waals surface area contributed by atoms with Crippen LogP contribution in [-0.4, -0.2) is 37.7 Å². The quantitative estimate of drug-likeness (QED) is 0.562. The number of phenolic OH excluding ortho intramolecular Hbond substituents is 1. The van der Waals surface area contributed by atoms with Gasteiger partial charge in [0.25, 0.3) is 0 Å². The molecule has 29 heavy (non-hydrogen) atoms. The van der Waals surface area contributed by atoms with Gasteiger partial charge in [-0.1, -0.05) is 18.2 Å². The first kappa shape index (κ1) is 17.2. The van der Waals surface area contributed by atoms with Crippen molar-refractivity contribution in [2.75, 3.05) is 23.7 Å². The molecule has 4 heterocycles. The minimum absolute atomic E-state index is 0.279. The summed E-state index contributed by atoms with van der Waals surface area (Å²) in [6.07, 6.45) is 8.52. The molecular weight excluding hydrogens is 364 g/mol. The predicted molar refractivity (Wildman–Crippen MR) is 114 cm³/mol. The van der Waals surface area contributed by atoms with Gasteiger partial charge in [-0.3, -0.25) is 4.98 Å². The molecule has 4 aromatic rings. The lowest BCUT2D eigenvalue weighted by Crippen LogP contribution is -2.30. The molecule has 0 unspecified atom stereocenters. The van der Waals surface area contributed by atoms with E-state index in [1.807, 2.05) is 41.1 Å². The third kappa shape index (κ3) is 3.16. The molecule has 7 nitrogen and oxygen atoms in total. The Morgan fingerprint density at radius 1 is 0.966 bits per heavy atom. The van der Waals surface area contributed by atoms with Crippen molar-refractivity contribution in [1.29, 1.82) is 0 Å². The topological polar surface area (TPSA) is 93.1 Å². The van der Waals surface area contributed by atoms with Gasteiger partial charge in [0.05, 0.1) is 11.1 Å². The van der Waals surface area contributed by atoms with Gasteiger partial charge >= 0.3 is 0 Å². The van der Waals surface area contributed by atoms with Crippen LogP contribution in [0.3, 0.4) is 0 Å². The van der Waals surface area contributed by atoms with Crippen molar-refractivity contribution in [2.45, 2.75) is 6.42 Å². The summed E-state index contributed by atoms with van der Waals surface area (Å²) in [4.78, 5) is 15.6. The maximum absolute atomic E-state index is 9.48. The van der Waals surface area contributed by atoms with Crippen LogP contribution in [0.25, 0.3) is 22.3 Å². The fourth-order valence-corrected chi connectivity index (χ4v) is 3.67. The number of nitrogens with two attached hydrogens (primary N) is 1. The summed E-state index contributed by atoms with van der Waals surface area (Å²) in [6, 6.07) is 13.1. The number of phenols is 1. The Hall–Kier alpha value is -3.87. The fourth-order valence-electron chi connectivity index (χ4n) is 3.67. The molecule has 7 heteroatoms. The van der Waals surface area contributed by atoms with Crippen molar-refractivity contribution in [3.63, 3.8) is 0 Å². The van der Waals surface area contributed by atoms with Crippen molar-refractivity contribution in [3.05, 3.63) is 72.7 Å². The van der Waals surface area contributed by atoms with Gasteiger partial charge in [0, 0.05) is 31.7 Å². The number of nitrogen functional groups attached to an aromatic ring is 1. The molecule has 0 amide bonds. The molecular formula is C22H20N6O. The Kier molecular flexibility index (Phi) is 4.13. The number of fused-ring (bicyclic) bond motifs is 1. The standard InChI is InChI=1S/C22H20N6O/c23-20-19-9-14-28(17-5-10-24-11-6-17)21(19)26-22(25-20)27-12-7-16(8-13-27)15-1-3-18(29)4-2-15/h1-7,9-11,14,29H,8,12-13H2,(H2,23,25,26). The molecule has 5 rings (SSSR count). The van der Waals surface area contributed by atoms with Crippen LogP contribution in [0.1, 0.15) is 12.0 Å². The van der Waals surface area contributed by atoms with E-state index in [0.29, 0.717) is 18.3 Å². The molecule has 0 saturated heterocycles. The summed E-state index contributed by atoms with van der Waals surface area (Å²) >= 11 is 0. The Labute approximate surface area is 167 Å². The van der Waals surface area contributed by atoms with Gasteiger partial charge in [-0.15, -0.1) is 0 Å². The van der Waals surface area contributed by atoms with Gasteiger partial charge in [-0.05, 0) is 47.9 Å². The van der Waals surface area contributed by atoms with Crippen LogP contribution in [0, 0.1) is 0 Å². The minimum atomic E-state index is 0.279. The highest BCUT2D eigenvalue weighted by Crippen LogP contribution is 2.28. The van der Waals surface area contributed by atoms with Crippen molar-refractivity contribution >= 4 is 28.4 Å². The molecule has 3 aromatic heterocycles. The Balaban J connectivity index is 1.47. The molecule has 0 fully saturated rings. The molecule has 0 spiro atoms. The maximum Gasteiger partial charge on any atom is 0.229 e. The molecule has 0 bridgehead atoms. The van der Waals surface area contributed by atoms with E-state index in [-0.39, 0.29) is 5.75 Å². The van der Waals surface area contributed by atoms with Crippen molar-refractivity contribution in [3.8, 4) is 11.4 Å². The van der Waals surface area contributed by atoms with Crippen LogP contribution in [0.15, 0.2) is 67.1 Å². The normalized spacial score (nSPS) is 14.2. The zero-order valence-corrected chi connectivity index (χ0v) is 15.7. The van der Waals surface area contributed by atoms with Crippen molar-refractivity contribution in [2.24, 2.45) is 0 Å². The Morgan fingerprint density at radius 2 is 1.76 bits per heavy atom. The highest BCUT2D eigenvalue weighted by atomic mass is 16.3. The average Bonchev–Trinajstić information content (AvgIpc) is 3.20. The predicted octanol–water partition coefficient (Wildman–Crippen LogP) is 3.40. The van der Waals surface area contributed by atoms with E-state index in [0.717, 1.165) is 35.2 Å². The van der Waals surface area contributed by atoms with Crippen LogP contribution in [0.2, 0.25) is 0 Å². The molecule has 144 valence electrons. The molecule has 0 aliphatic carbocycles. The first-order chi connectivity index (χ1) is 14.2. The average molecular weight is 384 g/mol. The number of nitrogens with zero attached hydrogens (tertiary/aromatic N) is 5. The van der Waals surface area contributed by atoms with E-state index in [4.69, 9.17) is 10.7 Å². The molecule has 0 radical (unpaired) electrons. The van der Waals surface area contributed by atoms with Crippen LogP contribution in [-0.2, 0) is 0 Å². The Morgan fingerprint density at radius 3 is 2.48 bits per heavy atom. The Bertz CT molecular complexity index is 1200. The zero-order chi connectivity index (χ0) is 19.8. The van der Waals surface area contributed by atoms with E-state index < -0.39 is 0 Å². The summed E-state index contributed by atoms with van der Waals surface area (Å²) in [6.45, 7) is 1.50. The highest BCUT2D eigenvalue weighted by Gasteiger charge is 2.18. The molecule has 1 aliphatic rings. The number of rotatable bonds is 3. The van der Waals surface area contributed by atoms with E-state index in [9.17, 15) is 5.11 Å². The number of aromatic nitrogens is 4. The molecule has 0 atom stereocenters. The molecule has 1 aliphatic heterocycles. The summed E-state index contributed by atoms with van der Waals surface area (Å²) in [7, 11) is 0. The number of benzene rings is 1. The monoisotopic (exact) mass is 384 g/mol. The van der Waals surface area contributed by atoms with E-state index >= 15 is 0 Å². The van der Waals surface area contributed by atoms with Crippen LogP contribution >= 0.6 is 0 Å². The third-order valence-electron chi connectivity index (χ3n) is 5.23. The second-order valence-electron chi connectivity index (χ2n) is 7.01. The SMILES string of the molecule is Nc1nc(N2CC=C(c3ccc(O)cc3)CC2)nc2c1ccn2-c1ccncc1. The first-order valence-electron chi connectivity index (χ1n) is 9.47. The number of hydrogen-bond acceptors (Lipinski definition) is 6. The van der Waals surface area contributed by atoms with E-state index in [2.05, 4.69) is 20.9 Å². The van der Waals surface area contributed by atoms with Gasteiger partial charge in [0.2, 0.25) is 5.95 Å². The van der Waals surface area contributed by atoms with Gasteiger partial charge in [-0.25, -0.2) is 0 Å². The van der Waals surface area contributed by atoms with Crippen molar-refractivity contribution < 1.29 is 5.11 Å². The molecule has 3 N–H and O–H groups in total. The van der Waals surface area contributed by atoms with Crippen LogP contribution in [0.4, 0.5) is 11.8 Å². The molecule has 0 saturated carbocycles. The lowest BCUT2D eigenvalue weighted by atomic mass is 9.99. The summed E-state index contributed by atoms with van der Waals surface area (Å²) in [5.74, 6) is 1.39. The number of anilines is 2. The van der Waals surface area contributed by atoms with Gasteiger partial charge in [0.15, 0.2) is 5.65 Å². The first-order valence-corrected chi connectivity index (χ1v) is 9.47. The maximum atomic E-state index is 9.48. The summed E-state index contributed by atoms with van der Waals surface area (Å²) < 4.78 is 2.00. The van der Waals surface area contributed by atoms with Crippen LogP contribution in [0.5, 0.6) is 5.75 Å². The highest BCUT2D eigenvalue weighted by molar-refractivity contribution is 5.88. The zero-order valence-electron chi connectivity index (χ0n) is 15.7. The minimum Gasteiger partial charge on any atom is -0.508 e. The third-order valence-corrected chi connectivity index (χ3v) is 5.23. The van der Waals surface area contributed by atoms with Gasteiger partial charge < -0.3 is 20.3 Å². The lowest BCUT2D eigenvalue weighted by molar-refractivity contribution is 0.475.